The van der Waals surface area contributed by atoms with Crippen LogP contribution in [0, 0.1) is 0 Å². The number of thioether (sulfide) groups is 3. The van der Waals surface area contributed by atoms with Crippen molar-refractivity contribution in [3.8, 4) is 0 Å². The third-order valence-electron chi connectivity index (χ3n) is 4.44. The summed E-state index contributed by atoms with van der Waals surface area (Å²) >= 11 is 4.76. The van der Waals surface area contributed by atoms with Crippen molar-refractivity contribution in [3.63, 3.8) is 0 Å². The van der Waals surface area contributed by atoms with E-state index in [0.717, 1.165) is 16.4 Å². The van der Waals surface area contributed by atoms with Crippen LogP contribution in [0.5, 0.6) is 0 Å². The van der Waals surface area contributed by atoms with Crippen LogP contribution >= 0.6 is 35.3 Å². The van der Waals surface area contributed by atoms with Crippen molar-refractivity contribution >= 4 is 59.0 Å². The Bertz CT molecular complexity index is 848. The summed E-state index contributed by atoms with van der Waals surface area (Å²) < 4.78 is 10.6. The lowest BCUT2D eigenvalue weighted by Gasteiger charge is -2.50. The molecule has 3 aliphatic heterocycles. The monoisotopic (exact) mass is 486 g/mol. The summed E-state index contributed by atoms with van der Waals surface area (Å²) in [5.74, 6) is 0.684. The number of ether oxygens (including phenoxy) is 2. The molecule has 2 atom stereocenters. The first-order chi connectivity index (χ1) is 14.6. The van der Waals surface area contributed by atoms with Gasteiger partial charge >= 0.3 is 11.9 Å². The van der Waals surface area contributed by atoms with Crippen molar-refractivity contribution in [2.24, 2.45) is 0 Å². The molecule has 8 nitrogen and oxygen atoms in total. The molecule has 0 saturated carbocycles. The number of nitrogens with zero attached hydrogens (tertiary/aromatic N) is 1. The van der Waals surface area contributed by atoms with Crippen molar-refractivity contribution in [1.29, 1.82) is 0 Å². The fourth-order valence-electron chi connectivity index (χ4n) is 3.18. The maximum absolute atomic E-state index is 12.9. The molecule has 0 aromatic heterocycles. The highest BCUT2D eigenvalue weighted by Crippen LogP contribution is 2.41. The topological polar surface area (TPSA) is 102 Å². The van der Waals surface area contributed by atoms with Crippen molar-refractivity contribution in [1.82, 2.24) is 10.2 Å². The molecule has 1 N–H and O–H groups in total. The Kier molecular flexibility index (Phi) is 7.69. The van der Waals surface area contributed by atoms with Gasteiger partial charge in [0.05, 0.1) is 6.42 Å². The summed E-state index contributed by atoms with van der Waals surface area (Å²) in [5, 5.41) is 4.40. The van der Waals surface area contributed by atoms with E-state index in [1.165, 1.54) is 23.6 Å². The highest BCUT2D eigenvalue weighted by atomic mass is 32.2. The van der Waals surface area contributed by atoms with Gasteiger partial charge in [-0.2, -0.15) is 0 Å². The molecule has 2 amide bonds. The molecular weight excluding hydrogens is 460 g/mol. The first-order valence-electron chi connectivity index (χ1n) is 9.83. The molecule has 0 aliphatic carbocycles. The molecule has 0 aromatic rings. The summed E-state index contributed by atoms with van der Waals surface area (Å²) in [6, 6.07) is -0.702. The van der Waals surface area contributed by atoms with E-state index in [4.69, 9.17) is 9.47 Å². The highest BCUT2D eigenvalue weighted by Gasteiger charge is 2.54. The van der Waals surface area contributed by atoms with Gasteiger partial charge in [-0.15, -0.1) is 35.3 Å². The minimum Gasteiger partial charge on any atom is -0.461 e. The van der Waals surface area contributed by atoms with Crippen LogP contribution in [0.3, 0.4) is 0 Å². The van der Waals surface area contributed by atoms with Crippen molar-refractivity contribution < 1.29 is 28.7 Å². The van der Waals surface area contributed by atoms with Crippen LogP contribution in [-0.4, -0.2) is 69.5 Å². The molecule has 3 aliphatic rings. The normalized spacial score (nSPS) is 23.4. The zero-order chi connectivity index (χ0) is 22.8. The Morgan fingerprint density at radius 1 is 1.26 bits per heavy atom. The highest BCUT2D eigenvalue weighted by molar-refractivity contribution is 8.09. The average molecular weight is 487 g/mol. The lowest BCUT2D eigenvalue weighted by molar-refractivity contribution is -0.159. The smallest absolute Gasteiger partial charge is 0.355 e. The SMILES string of the molecule is CC(=O)OCC1=C(C(=O)OC(C)(C)C)N2C(=O)C(NC(=O)CC3=CSCCS3)C2SC1. The first-order valence-corrected chi connectivity index (χ1v) is 12.9. The molecule has 3 rings (SSSR count). The van der Waals surface area contributed by atoms with Gasteiger partial charge in [0.1, 0.15) is 29.3 Å². The maximum atomic E-state index is 12.9. The van der Waals surface area contributed by atoms with Gasteiger partial charge in [0.25, 0.3) is 5.91 Å². The molecule has 31 heavy (non-hydrogen) atoms. The second-order valence-corrected chi connectivity index (χ2v) is 11.5. The van der Waals surface area contributed by atoms with Gasteiger partial charge in [0.2, 0.25) is 5.91 Å². The number of rotatable bonds is 6. The van der Waals surface area contributed by atoms with Gasteiger partial charge in [-0.25, -0.2) is 4.79 Å². The predicted molar refractivity (Wildman–Crippen MR) is 122 cm³/mol. The second-order valence-electron chi connectivity index (χ2n) is 8.17. The number of nitrogens with one attached hydrogen (secondary N) is 1. The average Bonchev–Trinajstić information content (AvgIpc) is 2.69. The van der Waals surface area contributed by atoms with Crippen LogP contribution in [0.4, 0.5) is 0 Å². The van der Waals surface area contributed by atoms with Crippen molar-refractivity contribution in [3.05, 3.63) is 21.6 Å². The number of carbonyl (C=O) groups is 4. The molecule has 2 unspecified atom stereocenters. The number of esters is 2. The number of amides is 2. The lowest BCUT2D eigenvalue weighted by Crippen LogP contribution is -2.70. The maximum Gasteiger partial charge on any atom is 0.355 e. The lowest BCUT2D eigenvalue weighted by atomic mass is 10.0. The first kappa shape index (κ1) is 24.1. The molecule has 11 heteroatoms. The number of hydrogen-bond donors (Lipinski definition) is 1. The Balaban J connectivity index is 1.73. The summed E-state index contributed by atoms with van der Waals surface area (Å²) in [4.78, 5) is 51.8. The van der Waals surface area contributed by atoms with Crippen LogP contribution in [-0.2, 0) is 28.7 Å². The van der Waals surface area contributed by atoms with Crippen LogP contribution < -0.4 is 5.32 Å². The van der Waals surface area contributed by atoms with E-state index in [1.54, 1.807) is 44.3 Å². The van der Waals surface area contributed by atoms with E-state index < -0.39 is 29.0 Å². The van der Waals surface area contributed by atoms with Gasteiger partial charge < -0.3 is 14.8 Å². The molecule has 0 bridgehead atoms. The van der Waals surface area contributed by atoms with Crippen molar-refractivity contribution in [2.75, 3.05) is 23.9 Å². The number of carbonyl (C=O) groups excluding carboxylic acids is 4. The zero-order valence-corrected chi connectivity index (χ0v) is 20.3. The Morgan fingerprint density at radius 2 is 2.00 bits per heavy atom. The quantitative estimate of drug-likeness (QED) is 0.447. The van der Waals surface area contributed by atoms with E-state index in [2.05, 4.69) is 5.32 Å². The van der Waals surface area contributed by atoms with E-state index in [1.807, 2.05) is 5.41 Å². The fourth-order valence-corrected chi connectivity index (χ4v) is 6.58. The number of β-lactam (4-membered cyclic amide) rings is 1. The van der Waals surface area contributed by atoms with Crippen LogP contribution in [0.1, 0.15) is 34.1 Å². The molecule has 0 radical (unpaired) electrons. The van der Waals surface area contributed by atoms with Gasteiger partial charge in [-0.1, -0.05) is 0 Å². The fraction of sp³-hybridized carbons (Fsp3) is 0.600. The Morgan fingerprint density at radius 3 is 2.61 bits per heavy atom. The molecule has 1 saturated heterocycles. The third kappa shape index (κ3) is 6.01. The van der Waals surface area contributed by atoms with Gasteiger partial charge in [-0.05, 0) is 26.2 Å². The summed E-state index contributed by atoms with van der Waals surface area (Å²) in [5.41, 5.74) is -0.122. The van der Waals surface area contributed by atoms with E-state index >= 15 is 0 Å². The minimum absolute atomic E-state index is 0.0898. The summed E-state index contributed by atoms with van der Waals surface area (Å²) in [6.45, 7) is 6.41. The molecule has 170 valence electrons. The van der Waals surface area contributed by atoms with Gasteiger partial charge in [-0.3, -0.25) is 19.3 Å². The van der Waals surface area contributed by atoms with E-state index in [0.29, 0.717) is 11.3 Å². The largest absolute Gasteiger partial charge is 0.461 e. The standard InChI is InChI=1S/C20H26N2O6S3/c1-11(23)27-8-12-9-31-18-15(21-14(24)7-13-10-29-5-6-30-13)17(25)22(18)16(12)19(26)28-20(2,3)4/h10,15,18H,5-9H2,1-4H3,(H,21,24). The Labute approximate surface area is 194 Å². The zero-order valence-electron chi connectivity index (χ0n) is 17.9. The third-order valence-corrected chi connectivity index (χ3v) is 8.12. The van der Waals surface area contributed by atoms with Crippen LogP contribution in [0.15, 0.2) is 21.6 Å². The summed E-state index contributed by atoms with van der Waals surface area (Å²) in [6.07, 6.45) is 0.241. The number of fused-ring (bicyclic) bond motifs is 1. The minimum atomic E-state index is -0.748. The molecular formula is C20H26N2O6S3. The van der Waals surface area contributed by atoms with Crippen LogP contribution in [0.2, 0.25) is 0 Å². The molecule has 0 aromatic carbocycles. The van der Waals surface area contributed by atoms with Gasteiger partial charge in [0.15, 0.2) is 0 Å². The molecule has 1 fully saturated rings. The van der Waals surface area contributed by atoms with Gasteiger partial charge in [0, 0.05) is 34.7 Å². The second kappa shape index (κ2) is 9.91. The molecule has 3 heterocycles. The predicted octanol–water partition coefficient (Wildman–Crippen LogP) is 2.26. The van der Waals surface area contributed by atoms with E-state index in [-0.39, 0.29) is 30.5 Å². The van der Waals surface area contributed by atoms with Crippen molar-refractivity contribution in [2.45, 2.75) is 51.1 Å². The number of hydrogen-bond acceptors (Lipinski definition) is 9. The van der Waals surface area contributed by atoms with Crippen LogP contribution in [0.25, 0.3) is 0 Å². The summed E-state index contributed by atoms with van der Waals surface area (Å²) in [7, 11) is 0. The van der Waals surface area contributed by atoms with E-state index in [9.17, 15) is 19.2 Å². The Hall–Kier alpha value is -1.59. The molecule has 0 spiro atoms.